The zero-order valence-corrected chi connectivity index (χ0v) is 8.29. The second-order valence-corrected chi connectivity index (χ2v) is 3.28. The molecule has 0 radical (unpaired) electrons. The standard InChI is InChI=1S/C11H15NO2/c1-2-8-7-10(12)5-3-9(8)4-6-11(13)14/h3,5,7H,2,4,6,12H2,1H3,(H,13,14). The molecule has 3 nitrogen and oxygen atoms in total. The number of carboxylic acid groups (broad SMARTS) is 1. The van der Waals surface area contributed by atoms with Crippen molar-refractivity contribution in [1.29, 1.82) is 0 Å². The fourth-order valence-corrected chi connectivity index (χ4v) is 1.46. The van der Waals surface area contributed by atoms with Crippen LogP contribution in [0.5, 0.6) is 0 Å². The number of aliphatic carboxylic acids is 1. The van der Waals surface area contributed by atoms with E-state index in [0.29, 0.717) is 6.42 Å². The Labute approximate surface area is 83.6 Å². The first kappa shape index (κ1) is 10.6. The van der Waals surface area contributed by atoms with Crippen LogP contribution in [0, 0.1) is 0 Å². The van der Waals surface area contributed by atoms with Gasteiger partial charge in [-0.3, -0.25) is 4.79 Å². The summed E-state index contributed by atoms with van der Waals surface area (Å²) in [5.41, 5.74) is 8.61. The van der Waals surface area contributed by atoms with Crippen molar-refractivity contribution in [3.63, 3.8) is 0 Å². The Morgan fingerprint density at radius 2 is 2.14 bits per heavy atom. The summed E-state index contributed by atoms with van der Waals surface area (Å²) >= 11 is 0. The summed E-state index contributed by atoms with van der Waals surface area (Å²) in [7, 11) is 0. The van der Waals surface area contributed by atoms with Crippen molar-refractivity contribution in [2.45, 2.75) is 26.2 Å². The number of hydrogen-bond acceptors (Lipinski definition) is 2. The second kappa shape index (κ2) is 4.65. The summed E-state index contributed by atoms with van der Waals surface area (Å²) < 4.78 is 0. The molecule has 0 aromatic heterocycles. The van der Waals surface area contributed by atoms with Gasteiger partial charge in [0.25, 0.3) is 0 Å². The molecular formula is C11H15NO2. The molecule has 0 saturated carbocycles. The minimum Gasteiger partial charge on any atom is -0.481 e. The molecule has 1 aromatic carbocycles. The van der Waals surface area contributed by atoms with E-state index in [2.05, 4.69) is 0 Å². The highest BCUT2D eigenvalue weighted by Crippen LogP contribution is 2.15. The number of carboxylic acids is 1. The summed E-state index contributed by atoms with van der Waals surface area (Å²) in [6.45, 7) is 2.04. The number of carbonyl (C=O) groups is 1. The zero-order chi connectivity index (χ0) is 10.6. The molecule has 0 heterocycles. The first-order valence-corrected chi connectivity index (χ1v) is 4.72. The monoisotopic (exact) mass is 193 g/mol. The van der Waals surface area contributed by atoms with E-state index in [-0.39, 0.29) is 6.42 Å². The third kappa shape index (κ3) is 2.76. The zero-order valence-electron chi connectivity index (χ0n) is 8.29. The van der Waals surface area contributed by atoms with Gasteiger partial charge in [0.05, 0.1) is 0 Å². The molecule has 0 bridgehead atoms. The summed E-state index contributed by atoms with van der Waals surface area (Å²) in [4.78, 5) is 10.4. The second-order valence-electron chi connectivity index (χ2n) is 3.28. The van der Waals surface area contributed by atoms with Crippen LogP contribution in [0.1, 0.15) is 24.5 Å². The summed E-state index contributed by atoms with van der Waals surface area (Å²) in [5.74, 6) is -0.760. The van der Waals surface area contributed by atoms with E-state index in [1.165, 1.54) is 0 Å². The molecule has 14 heavy (non-hydrogen) atoms. The van der Waals surface area contributed by atoms with Gasteiger partial charge in [0.15, 0.2) is 0 Å². The highest BCUT2D eigenvalue weighted by Gasteiger charge is 2.03. The Balaban J connectivity index is 2.80. The predicted molar refractivity (Wildman–Crippen MR) is 56.2 cm³/mol. The third-order valence-corrected chi connectivity index (χ3v) is 2.22. The molecule has 0 aliphatic rings. The van der Waals surface area contributed by atoms with E-state index in [1.807, 2.05) is 25.1 Å². The summed E-state index contributed by atoms with van der Waals surface area (Å²) in [6.07, 6.45) is 1.65. The predicted octanol–water partition coefficient (Wildman–Crippen LogP) is 1.85. The molecule has 3 heteroatoms. The molecule has 0 amide bonds. The van der Waals surface area contributed by atoms with Gasteiger partial charge in [-0.2, -0.15) is 0 Å². The summed E-state index contributed by atoms with van der Waals surface area (Å²) in [6, 6.07) is 5.64. The van der Waals surface area contributed by atoms with Gasteiger partial charge in [0, 0.05) is 12.1 Å². The number of benzene rings is 1. The lowest BCUT2D eigenvalue weighted by Crippen LogP contribution is -2.01. The molecule has 3 N–H and O–H groups in total. The fourth-order valence-electron chi connectivity index (χ4n) is 1.46. The van der Waals surface area contributed by atoms with Gasteiger partial charge in [0.1, 0.15) is 0 Å². The average molecular weight is 193 g/mol. The van der Waals surface area contributed by atoms with Crippen LogP contribution in [0.2, 0.25) is 0 Å². The smallest absolute Gasteiger partial charge is 0.303 e. The van der Waals surface area contributed by atoms with Crippen LogP contribution >= 0.6 is 0 Å². The minimum atomic E-state index is -0.760. The first-order valence-electron chi connectivity index (χ1n) is 4.72. The van der Waals surface area contributed by atoms with Crippen LogP contribution in [0.25, 0.3) is 0 Å². The molecule has 0 spiro atoms. The van der Waals surface area contributed by atoms with Gasteiger partial charge >= 0.3 is 5.97 Å². The molecule has 0 saturated heterocycles. The molecule has 0 atom stereocenters. The van der Waals surface area contributed by atoms with Crippen LogP contribution in [-0.2, 0) is 17.6 Å². The van der Waals surface area contributed by atoms with Crippen LogP contribution < -0.4 is 5.73 Å². The fraction of sp³-hybridized carbons (Fsp3) is 0.364. The van der Waals surface area contributed by atoms with Crippen LogP contribution in [0.4, 0.5) is 5.69 Å². The van der Waals surface area contributed by atoms with Crippen LogP contribution in [0.3, 0.4) is 0 Å². The van der Waals surface area contributed by atoms with E-state index in [4.69, 9.17) is 10.8 Å². The van der Waals surface area contributed by atoms with Gasteiger partial charge < -0.3 is 10.8 Å². The Morgan fingerprint density at radius 1 is 1.43 bits per heavy atom. The van der Waals surface area contributed by atoms with E-state index in [1.54, 1.807) is 0 Å². The average Bonchev–Trinajstić information content (AvgIpc) is 2.15. The van der Waals surface area contributed by atoms with Crippen molar-refractivity contribution in [2.24, 2.45) is 0 Å². The molecule has 76 valence electrons. The molecule has 0 fully saturated rings. The van der Waals surface area contributed by atoms with Crippen molar-refractivity contribution in [3.05, 3.63) is 29.3 Å². The van der Waals surface area contributed by atoms with Crippen molar-refractivity contribution >= 4 is 11.7 Å². The molecular weight excluding hydrogens is 178 g/mol. The molecule has 0 aliphatic heterocycles. The molecule has 1 rings (SSSR count). The Kier molecular flexibility index (Phi) is 3.51. The molecule has 0 aliphatic carbocycles. The summed E-state index contributed by atoms with van der Waals surface area (Å²) in [5, 5.41) is 8.57. The van der Waals surface area contributed by atoms with Gasteiger partial charge in [-0.1, -0.05) is 13.0 Å². The first-order chi connectivity index (χ1) is 6.63. The van der Waals surface area contributed by atoms with Crippen LogP contribution in [-0.4, -0.2) is 11.1 Å². The Bertz CT molecular complexity index is 334. The van der Waals surface area contributed by atoms with Gasteiger partial charge in [0.2, 0.25) is 0 Å². The largest absolute Gasteiger partial charge is 0.481 e. The molecule has 1 aromatic rings. The Morgan fingerprint density at radius 3 is 2.71 bits per heavy atom. The maximum absolute atomic E-state index is 10.4. The number of nitrogens with two attached hydrogens (primary N) is 1. The third-order valence-electron chi connectivity index (χ3n) is 2.22. The molecule has 0 unspecified atom stereocenters. The number of aryl methyl sites for hydroxylation is 2. The highest BCUT2D eigenvalue weighted by atomic mass is 16.4. The quantitative estimate of drug-likeness (QED) is 0.717. The normalized spacial score (nSPS) is 10.1. The number of nitrogen functional groups attached to an aromatic ring is 1. The van der Waals surface area contributed by atoms with E-state index in [0.717, 1.165) is 23.2 Å². The lowest BCUT2D eigenvalue weighted by Gasteiger charge is -2.07. The Hall–Kier alpha value is -1.51. The lowest BCUT2D eigenvalue weighted by molar-refractivity contribution is -0.136. The maximum Gasteiger partial charge on any atom is 0.303 e. The number of anilines is 1. The topological polar surface area (TPSA) is 63.3 Å². The lowest BCUT2D eigenvalue weighted by atomic mass is 10.0. The van der Waals surface area contributed by atoms with E-state index >= 15 is 0 Å². The number of rotatable bonds is 4. The van der Waals surface area contributed by atoms with Crippen molar-refractivity contribution in [2.75, 3.05) is 5.73 Å². The van der Waals surface area contributed by atoms with Crippen molar-refractivity contribution in [1.82, 2.24) is 0 Å². The van der Waals surface area contributed by atoms with E-state index < -0.39 is 5.97 Å². The number of hydrogen-bond donors (Lipinski definition) is 2. The van der Waals surface area contributed by atoms with Gasteiger partial charge in [-0.05, 0) is 36.1 Å². The van der Waals surface area contributed by atoms with E-state index in [9.17, 15) is 4.79 Å². The van der Waals surface area contributed by atoms with Crippen LogP contribution in [0.15, 0.2) is 18.2 Å². The maximum atomic E-state index is 10.4. The highest BCUT2D eigenvalue weighted by molar-refractivity contribution is 5.67. The van der Waals surface area contributed by atoms with Crippen molar-refractivity contribution < 1.29 is 9.90 Å². The SMILES string of the molecule is CCc1cc(N)ccc1CCC(=O)O. The van der Waals surface area contributed by atoms with Crippen molar-refractivity contribution in [3.8, 4) is 0 Å². The van der Waals surface area contributed by atoms with Gasteiger partial charge in [-0.15, -0.1) is 0 Å². The minimum absolute atomic E-state index is 0.177. The van der Waals surface area contributed by atoms with Gasteiger partial charge in [-0.25, -0.2) is 0 Å².